The van der Waals surface area contributed by atoms with E-state index in [1.807, 2.05) is 24.3 Å². The first kappa shape index (κ1) is 14.3. The van der Waals surface area contributed by atoms with Gasteiger partial charge < -0.3 is 15.2 Å². The lowest BCUT2D eigenvalue weighted by Gasteiger charge is -2.26. The van der Waals surface area contributed by atoms with Gasteiger partial charge in [-0.1, -0.05) is 12.1 Å². The zero-order valence-electron chi connectivity index (χ0n) is 11.8. The van der Waals surface area contributed by atoms with Crippen LogP contribution in [0, 0.1) is 0 Å². The molecule has 1 aromatic rings. The standard InChI is InChI=1S/C15H24N2O2/c1-12-15(6-8-18-12)17(2)7-9-19-14-5-3-4-13(10-14)11-16/h3-5,10,12,15H,6-9,11,16H2,1-2H3. The number of likely N-dealkylation sites (N-methyl/N-ethyl adjacent to an activating group) is 1. The molecule has 0 spiro atoms. The maximum atomic E-state index is 5.78. The summed E-state index contributed by atoms with van der Waals surface area (Å²) in [5, 5.41) is 0. The Morgan fingerprint density at radius 1 is 1.47 bits per heavy atom. The lowest BCUT2D eigenvalue weighted by Crippen LogP contribution is -2.39. The molecular weight excluding hydrogens is 240 g/mol. The number of hydrogen-bond acceptors (Lipinski definition) is 4. The molecule has 4 heteroatoms. The van der Waals surface area contributed by atoms with Gasteiger partial charge in [0.2, 0.25) is 0 Å². The normalized spacial score (nSPS) is 22.9. The Hall–Kier alpha value is -1.10. The fraction of sp³-hybridized carbons (Fsp3) is 0.600. The Morgan fingerprint density at radius 2 is 2.32 bits per heavy atom. The summed E-state index contributed by atoms with van der Waals surface area (Å²) in [6, 6.07) is 8.48. The van der Waals surface area contributed by atoms with Crippen LogP contribution in [0.5, 0.6) is 5.75 Å². The van der Waals surface area contributed by atoms with Gasteiger partial charge in [0.1, 0.15) is 12.4 Å². The summed E-state index contributed by atoms with van der Waals surface area (Å²) in [5.74, 6) is 0.895. The Kier molecular flexibility index (Phi) is 5.19. The third-order valence-corrected chi connectivity index (χ3v) is 3.75. The van der Waals surface area contributed by atoms with Crippen LogP contribution in [-0.2, 0) is 11.3 Å². The SMILES string of the molecule is CC1OCCC1N(C)CCOc1cccc(CN)c1. The lowest BCUT2D eigenvalue weighted by molar-refractivity contribution is 0.0787. The van der Waals surface area contributed by atoms with Crippen molar-refractivity contribution in [1.82, 2.24) is 4.90 Å². The van der Waals surface area contributed by atoms with Gasteiger partial charge in [-0.25, -0.2) is 0 Å². The average Bonchev–Trinajstić information content (AvgIpc) is 2.85. The quantitative estimate of drug-likeness (QED) is 0.848. The van der Waals surface area contributed by atoms with Gasteiger partial charge in [-0.2, -0.15) is 0 Å². The summed E-state index contributed by atoms with van der Waals surface area (Å²) >= 11 is 0. The number of nitrogens with two attached hydrogens (primary N) is 1. The highest BCUT2D eigenvalue weighted by atomic mass is 16.5. The summed E-state index contributed by atoms with van der Waals surface area (Å²) in [6.45, 7) is 5.16. The molecule has 0 bridgehead atoms. The summed E-state index contributed by atoms with van der Waals surface area (Å²) in [7, 11) is 2.13. The highest BCUT2D eigenvalue weighted by Gasteiger charge is 2.27. The largest absolute Gasteiger partial charge is 0.492 e. The Bertz CT molecular complexity index is 397. The van der Waals surface area contributed by atoms with Gasteiger partial charge in [0, 0.05) is 25.7 Å². The molecule has 2 atom stereocenters. The minimum Gasteiger partial charge on any atom is -0.492 e. The molecule has 0 saturated carbocycles. The minimum absolute atomic E-state index is 0.325. The molecule has 1 aliphatic rings. The van der Waals surface area contributed by atoms with Crippen molar-refractivity contribution in [2.75, 3.05) is 26.8 Å². The van der Waals surface area contributed by atoms with Crippen LogP contribution in [0.25, 0.3) is 0 Å². The van der Waals surface area contributed by atoms with Crippen molar-refractivity contribution in [3.63, 3.8) is 0 Å². The van der Waals surface area contributed by atoms with E-state index in [0.717, 1.165) is 30.9 Å². The Balaban J connectivity index is 1.76. The molecule has 2 rings (SSSR count). The first-order chi connectivity index (χ1) is 9.20. The van der Waals surface area contributed by atoms with Crippen molar-refractivity contribution in [3.8, 4) is 5.75 Å². The molecule has 1 heterocycles. The van der Waals surface area contributed by atoms with E-state index in [2.05, 4.69) is 18.9 Å². The first-order valence-corrected chi connectivity index (χ1v) is 6.94. The molecule has 1 aromatic carbocycles. The molecule has 0 radical (unpaired) electrons. The van der Waals surface area contributed by atoms with E-state index in [0.29, 0.717) is 25.3 Å². The predicted molar refractivity (Wildman–Crippen MR) is 76.3 cm³/mol. The third-order valence-electron chi connectivity index (χ3n) is 3.75. The van der Waals surface area contributed by atoms with Crippen LogP contribution in [-0.4, -0.2) is 43.9 Å². The van der Waals surface area contributed by atoms with Crippen molar-refractivity contribution in [2.45, 2.75) is 32.0 Å². The van der Waals surface area contributed by atoms with E-state index in [1.165, 1.54) is 0 Å². The van der Waals surface area contributed by atoms with Crippen LogP contribution < -0.4 is 10.5 Å². The molecule has 2 unspecified atom stereocenters. The second kappa shape index (κ2) is 6.89. The zero-order chi connectivity index (χ0) is 13.7. The number of benzene rings is 1. The fourth-order valence-electron chi connectivity index (χ4n) is 2.53. The van der Waals surface area contributed by atoms with Gasteiger partial charge >= 0.3 is 0 Å². The minimum atomic E-state index is 0.325. The molecule has 4 nitrogen and oxygen atoms in total. The van der Waals surface area contributed by atoms with Crippen LogP contribution in [0.15, 0.2) is 24.3 Å². The topological polar surface area (TPSA) is 47.7 Å². The molecule has 1 fully saturated rings. The maximum Gasteiger partial charge on any atom is 0.119 e. The number of nitrogens with zero attached hydrogens (tertiary/aromatic N) is 1. The van der Waals surface area contributed by atoms with Gasteiger partial charge in [-0.3, -0.25) is 4.90 Å². The van der Waals surface area contributed by atoms with Gasteiger partial charge in [0.05, 0.1) is 6.10 Å². The monoisotopic (exact) mass is 264 g/mol. The lowest BCUT2D eigenvalue weighted by atomic mass is 10.1. The van der Waals surface area contributed by atoms with Gasteiger partial charge in [0.15, 0.2) is 0 Å². The first-order valence-electron chi connectivity index (χ1n) is 6.94. The van der Waals surface area contributed by atoms with Gasteiger partial charge in [-0.05, 0) is 38.1 Å². The smallest absolute Gasteiger partial charge is 0.119 e. The molecule has 106 valence electrons. The number of hydrogen-bond donors (Lipinski definition) is 1. The van der Waals surface area contributed by atoms with Crippen molar-refractivity contribution < 1.29 is 9.47 Å². The zero-order valence-corrected chi connectivity index (χ0v) is 11.8. The highest BCUT2D eigenvalue weighted by Crippen LogP contribution is 2.18. The van der Waals surface area contributed by atoms with Crippen molar-refractivity contribution in [1.29, 1.82) is 0 Å². The van der Waals surface area contributed by atoms with E-state index in [9.17, 15) is 0 Å². The summed E-state index contributed by atoms with van der Waals surface area (Å²) in [4.78, 5) is 2.32. The van der Waals surface area contributed by atoms with E-state index in [-0.39, 0.29) is 0 Å². The number of rotatable bonds is 6. The van der Waals surface area contributed by atoms with Gasteiger partial charge in [0.25, 0.3) is 0 Å². The Morgan fingerprint density at radius 3 is 3.00 bits per heavy atom. The van der Waals surface area contributed by atoms with E-state index < -0.39 is 0 Å². The summed E-state index contributed by atoms with van der Waals surface area (Å²) < 4.78 is 11.4. The molecule has 1 saturated heterocycles. The van der Waals surface area contributed by atoms with Crippen LogP contribution in [0.3, 0.4) is 0 Å². The van der Waals surface area contributed by atoms with Crippen LogP contribution in [0.4, 0.5) is 0 Å². The molecular formula is C15H24N2O2. The summed E-state index contributed by atoms with van der Waals surface area (Å²) in [6.07, 6.45) is 1.44. The van der Waals surface area contributed by atoms with Crippen LogP contribution in [0.2, 0.25) is 0 Å². The molecule has 1 aliphatic heterocycles. The second-order valence-electron chi connectivity index (χ2n) is 5.11. The second-order valence-corrected chi connectivity index (χ2v) is 5.11. The van der Waals surface area contributed by atoms with Crippen LogP contribution in [0.1, 0.15) is 18.9 Å². The van der Waals surface area contributed by atoms with Crippen LogP contribution >= 0.6 is 0 Å². The van der Waals surface area contributed by atoms with E-state index in [1.54, 1.807) is 0 Å². The predicted octanol–water partition coefficient (Wildman–Crippen LogP) is 1.63. The average molecular weight is 264 g/mol. The van der Waals surface area contributed by atoms with Crippen molar-refractivity contribution in [3.05, 3.63) is 29.8 Å². The van der Waals surface area contributed by atoms with Gasteiger partial charge in [-0.15, -0.1) is 0 Å². The summed E-state index contributed by atoms with van der Waals surface area (Å²) in [5.41, 5.74) is 6.72. The highest BCUT2D eigenvalue weighted by molar-refractivity contribution is 5.28. The molecule has 19 heavy (non-hydrogen) atoms. The fourth-order valence-corrected chi connectivity index (χ4v) is 2.53. The third kappa shape index (κ3) is 3.93. The molecule has 0 aliphatic carbocycles. The molecule has 0 amide bonds. The van der Waals surface area contributed by atoms with E-state index in [4.69, 9.17) is 15.2 Å². The molecule has 0 aromatic heterocycles. The molecule has 2 N–H and O–H groups in total. The van der Waals surface area contributed by atoms with Crippen molar-refractivity contribution in [2.24, 2.45) is 5.73 Å². The van der Waals surface area contributed by atoms with E-state index >= 15 is 0 Å². The Labute approximate surface area is 115 Å². The van der Waals surface area contributed by atoms with Crippen molar-refractivity contribution >= 4 is 0 Å². The number of ether oxygens (including phenoxy) is 2. The maximum absolute atomic E-state index is 5.78.